The Hall–Kier alpha value is -5.28. The quantitative estimate of drug-likeness (QED) is 0.142. The van der Waals surface area contributed by atoms with Crippen LogP contribution in [-0.2, 0) is 41.6 Å². The molecule has 0 heterocycles. The van der Waals surface area contributed by atoms with E-state index in [1.165, 1.54) is 19.1 Å². The fourth-order valence-corrected chi connectivity index (χ4v) is 5.09. The van der Waals surface area contributed by atoms with Crippen LogP contribution < -0.4 is 31.9 Å². The van der Waals surface area contributed by atoms with Crippen LogP contribution in [0.4, 0.5) is 10.5 Å². The molecule has 0 spiro atoms. The van der Waals surface area contributed by atoms with E-state index in [2.05, 4.69) is 37.2 Å². The first-order valence-electron chi connectivity index (χ1n) is 16.1. The zero-order chi connectivity index (χ0) is 37.7. The second-order valence-electron chi connectivity index (χ2n) is 12.6. The van der Waals surface area contributed by atoms with Crippen molar-refractivity contribution in [2.75, 3.05) is 18.0 Å². The van der Waals surface area contributed by atoms with E-state index in [-0.39, 0.29) is 24.3 Å². The zero-order valence-corrected chi connectivity index (χ0v) is 30.4. The molecule has 0 aliphatic heterocycles. The Morgan fingerprint density at radius 1 is 0.804 bits per heavy atom. The minimum Gasteiger partial charge on any atom is -0.508 e. The molecule has 0 aliphatic carbocycles. The van der Waals surface area contributed by atoms with Crippen molar-refractivity contribution in [2.45, 2.75) is 64.3 Å². The number of anilines is 1. The van der Waals surface area contributed by atoms with E-state index in [0.29, 0.717) is 11.1 Å². The molecule has 3 rings (SSSR count). The molecule has 0 saturated carbocycles. The van der Waals surface area contributed by atoms with Gasteiger partial charge in [-0.1, -0.05) is 58.4 Å². The number of hydrogen-bond donors (Lipinski definition) is 6. The van der Waals surface area contributed by atoms with Crippen molar-refractivity contribution in [3.63, 3.8) is 0 Å². The summed E-state index contributed by atoms with van der Waals surface area (Å²) < 4.78 is 6.15. The summed E-state index contributed by atoms with van der Waals surface area (Å²) >= 11 is 3.38. The standard InChI is InChI=1S/C36H43BrN6O8/c1-22(41-33(48)28(38)18-23-13-15-27(44)16-14-23)32(47)39-20-30(45)42-29(19-24-9-8-10-25(37)17-24)34(49)40-21-31(46)43(26-11-6-5-7-12-26)35(50)51-36(2,3)4/h5-17,22,28-29,44H,18-21,38H2,1-4H3,(H,39,47)(H,40,49)(H,41,48)(H,42,45)/t22-,28+,29+/m1/s1. The number of carbonyl (C=O) groups is 6. The number of para-hydroxylation sites is 1. The molecule has 14 nitrogen and oxygen atoms in total. The lowest BCUT2D eigenvalue weighted by atomic mass is 10.1. The molecule has 0 fully saturated rings. The number of amides is 6. The first-order chi connectivity index (χ1) is 24.0. The van der Waals surface area contributed by atoms with E-state index < -0.39 is 72.4 Å². The van der Waals surface area contributed by atoms with E-state index in [9.17, 15) is 33.9 Å². The van der Waals surface area contributed by atoms with Gasteiger partial charge in [0, 0.05) is 10.9 Å². The molecule has 51 heavy (non-hydrogen) atoms. The lowest BCUT2D eigenvalue weighted by Gasteiger charge is -2.26. The first-order valence-corrected chi connectivity index (χ1v) is 16.9. The summed E-state index contributed by atoms with van der Waals surface area (Å²) in [4.78, 5) is 78.8. The van der Waals surface area contributed by atoms with Crippen molar-refractivity contribution in [1.29, 1.82) is 0 Å². The van der Waals surface area contributed by atoms with Crippen molar-refractivity contribution in [2.24, 2.45) is 5.73 Å². The van der Waals surface area contributed by atoms with Crippen molar-refractivity contribution in [3.05, 3.63) is 94.5 Å². The Balaban J connectivity index is 1.62. The van der Waals surface area contributed by atoms with Crippen LogP contribution in [0.3, 0.4) is 0 Å². The number of imide groups is 1. The average molecular weight is 768 g/mol. The van der Waals surface area contributed by atoms with Crippen LogP contribution in [-0.4, -0.2) is 77.6 Å². The summed E-state index contributed by atoms with van der Waals surface area (Å²) in [5.41, 5.74) is 6.72. The normalized spacial score (nSPS) is 12.7. The number of phenolic OH excluding ortho intramolecular Hbond substituents is 1. The molecule has 3 aromatic rings. The average Bonchev–Trinajstić information content (AvgIpc) is 3.06. The first kappa shape index (κ1) is 40.2. The van der Waals surface area contributed by atoms with E-state index in [1.807, 2.05) is 0 Å². The number of phenols is 1. The van der Waals surface area contributed by atoms with Crippen LogP contribution in [0.1, 0.15) is 38.8 Å². The van der Waals surface area contributed by atoms with Crippen LogP contribution in [0.15, 0.2) is 83.3 Å². The molecule has 0 saturated heterocycles. The van der Waals surface area contributed by atoms with E-state index in [4.69, 9.17) is 10.5 Å². The Kier molecular flexibility index (Phi) is 14.7. The monoisotopic (exact) mass is 766 g/mol. The summed E-state index contributed by atoms with van der Waals surface area (Å²) in [5.74, 6) is -3.39. The molecule has 15 heteroatoms. The maximum absolute atomic E-state index is 13.4. The highest BCUT2D eigenvalue weighted by Crippen LogP contribution is 2.19. The zero-order valence-electron chi connectivity index (χ0n) is 28.8. The summed E-state index contributed by atoms with van der Waals surface area (Å²) in [6.45, 7) is 5.28. The molecule has 7 N–H and O–H groups in total. The minimum atomic E-state index is -1.18. The molecule has 0 aromatic heterocycles. The van der Waals surface area contributed by atoms with Gasteiger partial charge in [-0.15, -0.1) is 0 Å². The molecule has 0 aliphatic rings. The number of rotatable bonds is 14. The molecular weight excluding hydrogens is 724 g/mol. The highest BCUT2D eigenvalue weighted by molar-refractivity contribution is 9.10. The van der Waals surface area contributed by atoms with Gasteiger partial charge in [-0.25, -0.2) is 9.69 Å². The molecule has 3 aromatic carbocycles. The number of hydrogen-bond acceptors (Lipinski definition) is 9. The molecule has 3 atom stereocenters. The Bertz CT molecular complexity index is 1700. The van der Waals surface area contributed by atoms with E-state index >= 15 is 0 Å². The largest absolute Gasteiger partial charge is 0.508 e. The van der Waals surface area contributed by atoms with Crippen molar-refractivity contribution in [3.8, 4) is 5.75 Å². The number of carbonyl (C=O) groups excluding carboxylic acids is 6. The number of nitrogens with two attached hydrogens (primary N) is 1. The van der Waals surface area contributed by atoms with Crippen molar-refractivity contribution >= 4 is 57.2 Å². The van der Waals surface area contributed by atoms with Crippen LogP contribution in [0, 0.1) is 0 Å². The topological polar surface area (TPSA) is 209 Å². The second-order valence-corrected chi connectivity index (χ2v) is 13.6. The minimum absolute atomic E-state index is 0.0268. The van der Waals surface area contributed by atoms with Gasteiger partial charge in [-0.2, -0.15) is 0 Å². The second kappa shape index (κ2) is 18.6. The third-order valence-electron chi connectivity index (χ3n) is 7.14. The maximum atomic E-state index is 13.4. The Morgan fingerprint density at radius 2 is 1.45 bits per heavy atom. The predicted octanol–water partition coefficient (Wildman–Crippen LogP) is 2.46. The van der Waals surface area contributed by atoms with Gasteiger partial charge in [0.25, 0.3) is 5.91 Å². The number of benzene rings is 3. The smallest absolute Gasteiger partial charge is 0.421 e. The third kappa shape index (κ3) is 13.5. The summed E-state index contributed by atoms with van der Waals surface area (Å²) in [6.07, 6.45) is -0.729. The SMILES string of the molecule is C[C@@H](NC(=O)[C@@H](N)Cc1ccc(O)cc1)C(=O)NCC(=O)N[C@@H](Cc1cccc(Br)c1)C(=O)NCC(=O)N(C(=O)OC(C)(C)C)c1ccccc1. The van der Waals surface area contributed by atoms with Crippen molar-refractivity contribution in [1.82, 2.24) is 21.3 Å². The third-order valence-corrected chi connectivity index (χ3v) is 7.63. The highest BCUT2D eigenvalue weighted by Gasteiger charge is 2.30. The van der Waals surface area contributed by atoms with Crippen LogP contribution in [0.2, 0.25) is 0 Å². The van der Waals surface area contributed by atoms with Gasteiger partial charge in [0.1, 0.15) is 23.4 Å². The fraction of sp³-hybridized carbons (Fsp3) is 0.333. The van der Waals surface area contributed by atoms with E-state index in [0.717, 1.165) is 9.37 Å². The van der Waals surface area contributed by atoms with Gasteiger partial charge in [0.15, 0.2) is 0 Å². The number of aromatic hydroxyl groups is 1. The molecular formula is C36H43BrN6O8. The van der Waals surface area contributed by atoms with Gasteiger partial charge in [-0.05, 0) is 81.6 Å². The molecule has 6 amide bonds. The van der Waals surface area contributed by atoms with Gasteiger partial charge >= 0.3 is 6.09 Å². The fourth-order valence-electron chi connectivity index (χ4n) is 4.64. The van der Waals surface area contributed by atoms with Gasteiger partial charge in [0.2, 0.25) is 23.6 Å². The number of nitrogens with one attached hydrogen (secondary N) is 4. The lowest BCUT2D eigenvalue weighted by molar-refractivity contribution is -0.131. The maximum Gasteiger partial charge on any atom is 0.421 e. The highest BCUT2D eigenvalue weighted by atomic mass is 79.9. The number of nitrogens with zero attached hydrogens (tertiary/aromatic N) is 1. The van der Waals surface area contributed by atoms with Crippen LogP contribution in [0.25, 0.3) is 0 Å². The molecule has 0 unspecified atom stereocenters. The van der Waals surface area contributed by atoms with Crippen molar-refractivity contribution < 1.29 is 38.6 Å². The summed E-state index contributed by atoms with van der Waals surface area (Å²) in [6, 6.07) is 18.2. The number of halogens is 1. The Labute approximate surface area is 304 Å². The Morgan fingerprint density at radius 3 is 2.08 bits per heavy atom. The molecule has 0 radical (unpaired) electrons. The summed E-state index contributed by atoms with van der Waals surface area (Å²) in [5, 5.41) is 19.5. The van der Waals surface area contributed by atoms with Gasteiger partial charge < -0.3 is 36.8 Å². The van der Waals surface area contributed by atoms with Crippen LogP contribution in [0.5, 0.6) is 5.75 Å². The van der Waals surface area contributed by atoms with Gasteiger partial charge in [-0.3, -0.25) is 24.0 Å². The predicted molar refractivity (Wildman–Crippen MR) is 193 cm³/mol. The molecule has 0 bridgehead atoms. The lowest BCUT2D eigenvalue weighted by Crippen LogP contribution is -2.54. The molecule has 272 valence electrons. The van der Waals surface area contributed by atoms with E-state index in [1.54, 1.807) is 87.5 Å². The van der Waals surface area contributed by atoms with Crippen LogP contribution >= 0.6 is 15.9 Å². The number of ether oxygens (including phenoxy) is 1. The summed E-state index contributed by atoms with van der Waals surface area (Å²) in [7, 11) is 0. The van der Waals surface area contributed by atoms with Gasteiger partial charge in [0.05, 0.1) is 24.8 Å².